The zero-order chi connectivity index (χ0) is 21.8. The van der Waals surface area contributed by atoms with Gasteiger partial charge in [-0.05, 0) is 67.8 Å². The molecule has 1 heterocycles. The standard InChI is InChI=1S/C25H23FN2O3/c1-17-25(30)28(15-5-8-18-6-3-2-4-7-18)22-16-21(13-14-23(22)31-17)27-24(29)19-9-11-20(26)12-10-19/h2-4,6-7,9-14,16-17H,5,8,15H2,1H3,(H,27,29). The average molecular weight is 418 g/mol. The Bertz CT molecular complexity index is 1080. The zero-order valence-corrected chi connectivity index (χ0v) is 17.2. The Morgan fingerprint density at radius 1 is 1.06 bits per heavy atom. The monoisotopic (exact) mass is 418 g/mol. The van der Waals surface area contributed by atoms with E-state index < -0.39 is 11.9 Å². The number of hydrogen-bond acceptors (Lipinski definition) is 3. The molecule has 3 aromatic rings. The molecule has 0 aliphatic carbocycles. The zero-order valence-electron chi connectivity index (χ0n) is 17.2. The van der Waals surface area contributed by atoms with E-state index >= 15 is 0 Å². The number of rotatable bonds is 6. The van der Waals surface area contributed by atoms with Crippen LogP contribution in [0.1, 0.15) is 29.3 Å². The first-order valence-electron chi connectivity index (χ1n) is 10.2. The molecular weight excluding hydrogens is 395 g/mol. The van der Waals surface area contributed by atoms with Gasteiger partial charge in [0.15, 0.2) is 6.10 Å². The molecule has 0 aromatic heterocycles. The Morgan fingerprint density at radius 3 is 2.55 bits per heavy atom. The van der Waals surface area contributed by atoms with Crippen molar-refractivity contribution in [2.24, 2.45) is 0 Å². The van der Waals surface area contributed by atoms with Crippen LogP contribution < -0.4 is 15.0 Å². The summed E-state index contributed by atoms with van der Waals surface area (Å²) in [4.78, 5) is 27.0. The highest BCUT2D eigenvalue weighted by Gasteiger charge is 2.31. The van der Waals surface area contributed by atoms with Gasteiger partial charge in [0.2, 0.25) is 0 Å². The Kier molecular flexibility index (Phi) is 5.98. The van der Waals surface area contributed by atoms with E-state index in [1.165, 1.54) is 29.8 Å². The molecule has 0 saturated heterocycles. The van der Waals surface area contributed by atoms with E-state index in [0.29, 0.717) is 29.2 Å². The second-order valence-electron chi connectivity index (χ2n) is 7.48. The number of halogens is 1. The van der Waals surface area contributed by atoms with Crippen molar-refractivity contribution in [2.45, 2.75) is 25.9 Å². The fourth-order valence-corrected chi connectivity index (χ4v) is 3.61. The summed E-state index contributed by atoms with van der Waals surface area (Å²) in [7, 11) is 0. The minimum atomic E-state index is -0.566. The van der Waals surface area contributed by atoms with Gasteiger partial charge in [-0.15, -0.1) is 0 Å². The third-order valence-electron chi connectivity index (χ3n) is 5.22. The molecule has 3 aromatic carbocycles. The first-order valence-corrected chi connectivity index (χ1v) is 10.2. The average Bonchev–Trinajstić information content (AvgIpc) is 2.78. The van der Waals surface area contributed by atoms with Gasteiger partial charge in [-0.3, -0.25) is 9.59 Å². The van der Waals surface area contributed by atoms with Crippen molar-refractivity contribution >= 4 is 23.2 Å². The summed E-state index contributed by atoms with van der Waals surface area (Å²) < 4.78 is 18.9. The molecule has 0 fully saturated rings. The minimum Gasteiger partial charge on any atom is -0.479 e. The van der Waals surface area contributed by atoms with Crippen LogP contribution >= 0.6 is 0 Å². The van der Waals surface area contributed by atoms with Gasteiger partial charge in [-0.2, -0.15) is 0 Å². The van der Waals surface area contributed by atoms with Crippen molar-refractivity contribution < 1.29 is 18.7 Å². The SMILES string of the molecule is CC1Oc2ccc(NC(=O)c3ccc(F)cc3)cc2N(CCCc2ccccc2)C1=O. The van der Waals surface area contributed by atoms with E-state index in [2.05, 4.69) is 17.4 Å². The summed E-state index contributed by atoms with van der Waals surface area (Å²) in [6.45, 7) is 2.28. The van der Waals surface area contributed by atoms with Gasteiger partial charge >= 0.3 is 0 Å². The first-order chi connectivity index (χ1) is 15.0. The molecule has 1 atom stereocenters. The fraction of sp³-hybridized carbons (Fsp3) is 0.200. The van der Waals surface area contributed by atoms with E-state index in [1.807, 2.05) is 18.2 Å². The number of benzene rings is 3. The number of aryl methyl sites for hydroxylation is 1. The van der Waals surface area contributed by atoms with Crippen LogP contribution in [0.25, 0.3) is 0 Å². The molecule has 0 saturated carbocycles. The van der Waals surface area contributed by atoms with E-state index in [9.17, 15) is 14.0 Å². The van der Waals surface area contributed by atoms with Crippen LogP contribution in [0.15, 0.2) is 72.8 Å². The molecule has 2 amide bonds. The third-order valence-corrected chi connectivity index (χ3v) is 5.22. The molecule has 1 N–H and O–H groups in total. The van der Waals surface area contributed by atoms with Gasteiger partial charge in [-0.25, -0.2) is 4.39 Å². The maximum atomic E-state index is 13.1. The summed E-state index contributed by atoms with van der Waals surface area (Å²) in [6.07, 6.45) is 1.09. The normalized spacial score (nSPS) is 15.2. The quantitative estimate of drug-likeness (QED) is 0.624. The number of nitrogens with zero attached hydrogens (tertiary/aromatic N) is 1. The molecule has 0 spiro atoms. The van der Waals surface area contributed by atoms with Crippen LogP contribution in [0.3, 0.4) is 0 Å². The number of carbonyl (C=O) groups excluding carboxylic acids is 2. The molecule has 4 rings (SSSR count). The van der Waals surface area contributed by atoms with Crippen LogP contribution in [-0.4, -0.2) is 24.5 Å². The highest BCUT2D eigenvalue weighted by Crippen LogP contribution is 2.36. The second-order valence-corrected chi connectivity index (χ2v) is 7.48. The molecular formula is C25H23FN2O3. The number of ether oxygens (including phenoxy) is 1. The lowest BCUT2D eigenvalue weighted by Gasteiger charge is -2.33. The lowest BCUT2D eigenvalue weighted by atomic mass is 10.1. The van der Waals surface area contributed by atoms with Gasteiger partial charge in [0.1, 0.15) is 11.6 Å². The fourth-order valence-electron chi connectivity index (χ4n) is 3.61. The predicted octanol–water partition coefficient (Wildman–Crippen LogP) is 4.82. The Labute approximate surface area is 180 Å². The van der Waals surface area contributed by atoms with E-state index in [0.717, 1.165) is 12.8 Å². The van der Waals surface area contributed by atoms with E-state index in [4.69, 9.17) is 4.74 Å². The molecule has 6 heteroatoms. The van der Waals surface area contributed by atoms with E-state index in [1.54, 1.807) is 30.0 Å². The molecule has 0 bridgehead atoms. The number of fused-ring (bicyclic) bond motifs is 1. The molecule has 0 radical (unpaired) electrons. The highest BCUT2D eigenvalue weighted by atomic mass is 19.1. The summed E-state index contributed by atoms with van der Waals surface area (Å²) in [6, 6.07) is 20.7. The van der Waals surface area contributed by atoms with Crippen molar-refractivity contribution in [3.05, 3.63) is 89.7 Å². The van der Waals surface area contributed by atoms with Crippen molar-refractivity contribution in [1.82, 2.24) is 0 Å². The van der Waals surface area contributed by atoms with Crippen molar-refractivity contribution in [1.29, 1.82) is 0 Å². The molecule has 1 aliphatic rings. The smallest absolute Gasteiger partial charge is 0.267 e. The van der Waals surface area contributed by atoms with Gasteiger partial charge in [0.25, 0.3) is 11.8 Å². The Morgan fingerprint density at radius 2 is 1.81 bits per heavy atom. The second kappa shape index (κ2) is 9.00. The lowest BCUT2D eigenvalue weighted by Crippen LogP contribution is -2.45. The van der Waals surface area contributed by atoms with Crippen molar-refractivity contribution in [3.63, 3.8) is 0 Å². The lowest BCUT2D eigenvalue weighted by molar-refractivity contribution is -0.125. The van der Waals surface area contributed by atoms with Crippen molar-refractivity contribution in [3.8, 4) is 5.75 Å². The number of anilines is 2. The van der Waals surface area contributed by atoms with Gasteiger partial charge in [-0.1, -0.05) is 30.3 Å². The largest absolute Gasteiger partial charge is 0.479 e. The van der Waals surface area contributed by atoms with Crippen molar-refractivity contribution in [2.75, 3.05) is 16.8 Å². The van der Waals surface area contributed by atoms with Crippen LogP contribution in [0, 0.1) is 5.82 Å². The number of hydrogen-bond donors (Lipinski definition) is 1. The first kappa shape index (κ1) is 20.6. The maximum absolute atomic E-state index is 13.1. The van der Waals surface area contributed by atoms with Gasteiger partial charge in [0, 0.05) is 17.8 Å². The molecule has 1 aliphatic heterocycles. The van der Waals surface area contributed by atoms with Crippen LogP contribution in [0.2, 0.25) is 0 Å². The number of nitrogens with one attached hydrogen (secondary N) is 1. The summed E-state index contributed by atoms with van der Waals surface area (Å²) >= 11 is 0. The Hall–Kier alpha value is -3.67. The topological polar surface area (TPSA) is 58.6 Å². The van der Waals surface area contributed by atoms with Gasteiger partial charge < -0.3 is 15.0 Å². The predicted molar refractivity (Wildman–Crippen MR) is 118 cm³/mol. The highest BCUT2D eigenvalue weighted by molar-refractivity contribution is 6.05. The summed E-state index contributed by atoms with van der Waals surface area (Å²) in [5.41, 5.74) is 2.73. The number of amides is 2. The summed E-state index contributed by atoms with van der Waals surface area (Å²) in [5, 5.41) is 2.80. The van der Waals surface area contributed by atoms with Crippen LogP contribution in [0.5, 0.6) is 5.75 Å². The summed E-state index contributed by atoms with van der Waals surface area (Å²) in [5.74, 6) is -0.262. The minimum absolute atomic E-state index is 0.109. The van der Waals surface area contributed by atoms with Crippen LogP contribution in [0.4, 0.5) is 15.8 Å². The Balaban J connectivity index is 1.51. The molecule has 1 unspecified atom stereocenters. The molecule has 158 valence electrons. The third kappa shape index (κ3) is 4.74. The maximum Gasteiger partial charge on any atom is 0.267 e. The number of carbonyl (C=O) groups is 2. The van der Waals surface area contributed by atoms with Crippen LogP contribution in [-0.2, 0) is 11.2 Å². The van der Waals surface area contributed by atoms with Gasteiger partial charge in [0.05, 0.1) is 5.69 Å². The molecule has 31 heavy (non-hydrogen) atoms. The molecule has 5 nitrogen and oxygen atoms in total. The van der Waals surface area contributed by atoms with E-state index in [-0.39, 0.29) is 11.8 Å².